The van der Waals surface area contributed by atoms with Gasteiger partial charge in [0.2, 0.25) is 0 Å². The molecule has 0 spiro atoms. The second-order valence-corrected chi connectivity index (χ2v) is 6.84. The summed E-state index contributed by atoms with van der Waals surface area (Å²) >= 11 is 0. The lowest BCUT2D eigenvalue weighted by molar-refractivity contribution is 0.593. The molecule has 0 atom stereocenters. The summed E-state index contributed by atoms with van der Waals surface area (Å²) in [5.74, 6) is -0.0422. The summed E-state index contributed by atoms with van der Waals surface area (Å²) in [7, 11) is -3.22. The Labute approximate surface area is 112 Å². The maximum absolute atomic E-state index is 12.1. The third kappa shape index (κ3) is 2.98. The highest BCUT2D eigenvalue weighted by molar-refractivity contribution is 7.89. The van der Waals surface area contributed by atoms with E-state index in [9.17, 15) is 8.42 Å². The van der Waals surface area contributed by atoms with Gasteiger partial charge in [0, 0.05) is 11.4 Å². The molecule has 1 aliphatic heterocycles. The van der Waals surface area contributed by atoms with E-state index in [1.54, 1.807) is 12.1 Å². The zero-order valence-electron chi connectivity index (χ0n) is 10.4. The average Bonchev–Trinajstić information content (AvgIpc) is 2.36. The molecule has 4 bridgehead atoms. The van der Waals surface area contributed by atoms with Crippen molar-refractivity contribution in [2.75, 3.05) is 0 Å². The van der Waals surface area contributed by atoms with Crippen LogP contribution in [0.5, 0.6) is 0 Å². The molecule has 0 aliphatic carbocycles. The van der Waals surface area contributed by atoms with Gasteiger partial charge in [0.05, 0.1) is 22.9 Å². The van der Waals surface area contributed by atoms with Gasteiger partial charge in [-0.25, -0.2) is 8.42 Å². The quantitative estimate of drug-likeness (QED) is 0.733. The van der Waals surface area contributed by atoms with Crippen LogP contribution in [-0.2, 0) is 34.2 Å². The fourth-order valence-electron chi connectivity index (χ4n) is 2.26. The molecular weight excluding hydrogens is 260 g/mol. The molecule has 0 saturated carbocycles. The molecule has 2 aromatic rings. The van der Waals surface area contributed by atoms with E-state index >= 15 is 0 Å². The highest BCUT2D eigenvalue weighted by Crippen LogP contribution is 2.14. The van der Waals surface area contributed by atoms with Gasteiger partial charge in [-0.15, -0.1) is 0 Å². The molecule has 2 aromatic heterocycles. The van der Waals surface area contributed by atoms with Crippen molar-refractivity contribution in [3.8, 4) is 0 Å². The summed E-state index contributed by atoms with van der Waals surface area (Å²) in [5.41, 5.74) is 3.07. The monoisotopic (exact) mass is 274 g/mol. The van der Waals surface area contributed by atoms with E-state index in [1.807, 2.05) is 24.3 Å². The Bertz CT molecular complexity index is 655. The van der Waals surface area contributed by atoms with E-state index in [4.69, 9.17) is 0 Å². The number of hydrogen-bond donors (Lipinski definition) is 0. The Morgan fingerprint density at radius 1 is 0.737 bits per heavy atom. The van der Waals surface area contributed by atoms with Crippen LogP contribution in [0.3, 0.4) is 0 Å². The topological polar surface area (TPSA) is 59.9 Å². The molecule has 4 nitrogen and oxygen atoms in total. The van der Waals surface area contributed by atoms with Crippen LogP contribution in [0.2, 0.25) is 0 Å². The number of nitrogens with zero attached hydrogens (tertiary/aromatic N) is 2. The first-order valence-electron chi connectivity index (χ1n) is 6.21. The number of hydrogen-bond acceptors (Lipinski definition) is 4. The van der Waals surface area contributed by atoms with Crippen LogP contribution in [0.25, 0.3) is 0 Å². The van der Waals surface area contributed by atoms with Gasteiger partial charge in [-0.05, 0) is 37.1 Å². The fourth-order valence-corrected chi connectivity index (χ4v) is 3.58. The number of aromatic nitrogens is 2. The van der Waals surface area contributed by atoms with E-state index in [2.05, 4.69) is 9.97 Å². The summed E-state index contributed by atoms with van der Waals surface area (Å²) in [6, 6.07) is 11.1. The molecular formula is C14H14N2O2S. The van der Waals surface area contributed by atoms with Gasteiger partial charge in [0.15, 0.2) is 9.84 Å². The van der Waals surface area contributed by atoms with Gasteiger partial charge < -0.3 is 0 Å². The molecule has 1 aliphatic rings. The molecule has 0 saturated heterocycles. The Balaban J connectivity index is 2.07. The molecule has 3 rings (SSSR count). The van der Waals surface area contributed by atoms with Gasteiger partial charge in [0.25, 0.3) is 0 Å². The van der Waals surface area contributed by atoms with Crippen LogP contribution in [0.4, 0.5) is 0 Å². The number of pyridine rings is 2. The number of rotatable bonds is 0. The normalized spacial score (nSPS) is 17.5. The van der Waals surface area contributed by atoms with E-state index < -0.39 is 9.84 Å². The molecule has 0 aromatic carbocycles. The standard InChI is InChI=1S/C14H14N2O2S/c17-19(18)9-13-5-1-3-11(15-13)7-8-12-4-2-6-14(10-19)16-12/h1-6H,7-10H2. The molecule has 0 unspecified atom stereocenters. The van der Waals surface area contributed by atoms with Crippen LogP contribution >= 0.6 is 0 Å². The lowest BCUT2D eigenvalue weighted by Gasteiger charge is -2.04. The van der Waals surface area contributed by atoms with Gasteiger partial charge in [-0.1, -0.05) is 12.1 Å². The molecule has 0 amide bonds. The minimum atomic E-state index is -3.22. The van der Waals surface area contributed by atoms with Crippen molar-refractivity contribution in [3.05, 3.63) is 59.2 Å². The molecule has 98 valence electrons. The van der Waals surface area contributed by atoms with Crippen molar-refractivity contribution >= 4 is 9.84 Å². The first-order valence-corrected chi connectivity index (χ1v) is 8.03. The van der Waals surface area contributed by atoms with Crippen molar-refractivity contribution in [2.45, 2.75) is 24.3 Å². The largest absolute Gasteiger partial charge is 0.257 e. The Morgan fingerprint density at radius 3 is 1.63 bits per heavy atom. The second-order valence-electron chi connectivity index (χ2n) is 4.77. The SMILES string of the molecule is O=S1(=O)Cc2cccc(n2)CCc2cccc(n2)C1. The van der Waals surface area contributed by atoms with Crippen molar-refractivity contribution < 1.29 is 8.42 Å². The zero-order valence-corrected chi connectivity index (χ0v) is 11.2. The predicted octanol–water partition coefficient (Wildman–Crippen LogP) is 1.69. The van der Waals surface area contributed by atoms with Crippen LogP contribution < -0.4 is 0 Å². The predicted molar refractivity (Wildman–Crippen MR) is 72.2 cm³/mol. The maximum atomic E-state index is 12.1. The molecule has 19 heavy (non-hydrogen) atoms. The van der Waals surface area contributed by atoms with Crippen molar-refractivity contribution in [1.82, 2.24) is 9.97 Å². The van der Waals surface area contributed by atoms with Gasteiger partial charge in [-0.3, -0.25) is 9.97 Å². The summed E-state index contributed by atoms with van der Waals surface area (Å²) in [5, 5.41) is 0. The van der Waals surface area contributed by atoms with E-state index in [1.165, 1.54) is 0 Å². The Morgan fingerprint density at radius 2 is 1.16 bits per heavy atom. The number of aryl methyl sites for hydroxylation is 2. The van der Waals surface area contributed by atoms with E-state index in [-0.39, 0.29) is 11.5 Å². The van der Waals surface area contributed by atoms with Crippen LogP contribution in [0.1, 0.15) is 22.8 Å². The lowest BCUT2D eigenvalue weighted by Crippen LogP contribution is -2.10. The fraction of sp³-hybridized carbons (Fsp3) is 0.286. The summed E-state index contributed by atoms with van der Waals surface area (Å²) in [6.45, 7) is 0. The number of fused-ring (bicyclic) bond motifs is 4. The van der Waals surface area contributed by atoms with Gasteiger partial charge in [-0.2, -0.15) is 0 Å². The molecule has 0 fully saturated rings. The third-order valence-electron chi connectivity index (χ3n) is 3.10. The first-order chi connectivity index (χ1) is 9.11. The second kappa shape index (κ2) is 4.74. The van der Waals surface area contributed by atoms with Crippen LogP contribution in [0, 0.1) is 0 Å². The van der Waals surface area contributed by atoms with Crippen LogP contribution in [-0.4, -0.2) is 18.4 Å². The highest BCUT2D eigenvalue weighted by Gasteiger charge is 2.16. The summed E-state index contributed by atoms with van der Waals surface area (Å²) in [6.07, 6.45) is 1.56. The summed E-state index contributed by atoms with van der Waals surface area (Å²) < 4.78 is 24.3. The molecule has 5 heteroatoms. The minimum Gasteiger partial charge on any atom is -0.257 e. The Hall–Kier alpha value is -1.75. The maximum Gasteiger partial charge on any atom is 0.161 e. The Kier molecular flexibility index (Phi) is 3.06. The molecule has 0 radical (unpaired) electrons. The number of sulfone groups is 1. The smallest absolute Gasteiger partial charge is 0.161 e. The lowest BCUT2D eigenvalue weighted by atomic mass is 10.1. The average molecular weight is 274 g/mol. The zero-order chi connectivity index (χ0) is 13.3. The third-order valence-corrected chi connectivity index (χ3v) is 4.57. The van der Waals surface area contributed by atoms with E-state index in [0.29, 0.717) is 11.4 Å². The highest BCUT2D eigenvalue weighted by atomic mass is 32.2. The first kappa shape index (κ1) is 12.3. The van der Waals surface area contributed by atoms with E-state index in [0.717, 1.165) is 24.2 Å². The molecule has 0 N–H and O–H groups in total. The van der Waals surface area contributed by atoms with Gasteiger partial charge >= 0.3 is 0 Å². The molecule has 3 heterocycles. The van der Waals surface area contributed by atoms with Crippen LogP contribution in [0.15, 0.2) is 36.4 Å². The van der Waals surface area contributed by atoms with Crippen molar-refractivity contribution in [3.63, 3.8) is 0 Å². The summed E-state index contributed by atoms with van der Waals surface area (Å²) in [4.78, 5) is 8.82. The van der Waals surface area contributed by atoms with Gasteiger partial charge in [0.1, 0.15) is 0 Å². The van der Waals surface area contributed by atoms with Crippen molar-refractivity contribution in [2.24, 2.45) is 0 Å². The minimum absolute atomic E-state index is 0.0211. The van der Waals surface area contributed by atoms with Crippen molar-refractivity contribution in [1.29, 1.82) is 0 Å².